The highest BCUT2D eigenvalue weighted by Crippen LogP contribution is 2.19. The Hall–Kier alpha value is -1.69. The van der Waals surface area contributed by atoms with Crippen LogP contribution in [0.3, 0.4) is 0 Å². The van der Waals surface area contributed by atoms with Gasteiger partial charge in [-0.3, -0.25) is 9.35 Å². The molecule has 0 fully saturated rings. The largest absolute Gasteiger partial charge is 0.760 e. The van der Waals surface area contributed by atoms with Gasteiger partial charge in [-0.15, -0.1) is 0 Å². The van der Waals surface area contributed by atoms with E-state index in [1.165, 1.54) is 0 Å². The molecule has 90 valence electrons. The molecule has 4 nitrogen and oxygen atoms in total. The molecule has 2 aromatic rings. The molecule has 0 saturated carbocycles. The maximum absolute atomic E-state index is 8.78. The van der Waals surface area contributed by atoms with Crippen LogP contribution in [0.1, 0.15) is 0 Å². The number of hydrogen-bond donors (Lipinski definition) is 1. The van der Waals surface area contributed by atoms with Crippen molar-refractivity contribution in [1.29, 1.82) is 0 Å². The molecule has 0 aliphatic carbocycles. The second kappa shape index (κ2) is 7.56. The Morgan fingerprint density at radius 1 is 0.882 bits per heavy atom. The summed E-state index contributed by atoms with van der Waals surface area (Å²) in [5.41, 5.74) is 0. The SMILES string of the molecule is NS(=O)[O-].c1ccc(Oc2ccccc2)cc1. The molecule has 0 aromatic heterocycles. The molecule has 1 atom stereocenters. The Morgan fingerprint density at radius 2 is 1.18 bits per heavy atom. The maximum Gasteiger partial charge on any atom is 0.127 e. The summed E-state index contributed by atoms with van der Waals surface area (Å²) in [5, 5.41) is 4.03. The van der Waals surface area contributed by atoms with Crippen LogP contribution in [-0.4, -0.2) is 8.76 Å². The highest BCUT2D eigenvalue weighted by Gasteiger charge is 1.92. The second-order valence-corrected chi connectivity index (χ2v) is 3.51. The summed E-state index contributed by atoms with van der Waals surface area (Å²) in [7, 11) is 0. The standard InChI is InChI=1S/C12H10O.H3NO2S/c1-3-7-11(8-4-1)13-12-9-5-2-6-10-12;1-4(2)3/h1-10H;1H2,(H,2,3)/p-1. The third kappa shape index (κ3) is 6.47. The molecule has 2 N–H and O–H groups in total. The molecule has 0 spiro atoms. The third-order valence-electron chi connectivity index (χ3n) is 1.72. The number of benzene rings is 2. The molecule has 1 unspecified atom stereocenters. The second-order valence-electron chi connectivity index (χ2n) is 2.99. The Labute approximate surface area is 102 Å². The van der Waals surface area contributed by atoms with Gasteiger partial charge in [-0.2, -0.15) is 0 Å². The minimum absolute atomic E-state index is 0.869. The van der Waals surface area contributed by atoms with Crippen LogP contribution >= 0.6 is 0 Å². The van der Waals surface area contributed by atoms with E-state index in [1.54, 1.807) is 0 Å². The zero-order valence-corrected chi connectivity index (χ0v) is 9.80. The van der Waals surface area contributed by atoms with Crippen LogP contribution in [0, 0.1) is 0 Å². The van der Waals surface area contributed by atoms with Crippen molar-refractivity contribution >= 4 is 11.3 Å². The fourth-order valence-corrected chi connectivity index (χ4v) is 1.11. The van der Waals surface area contributed by atoms with Crippen LogP contribution < -0.4 is 9.88 Å². The quantitative estimate of drug-likeness (QED) is 0.830. The van der Waals surface area contributed by atoms with Crippen LogP contribution in [0.15, 0.2) is 60.7 Å². The topological polar surface area (TPSA) is 75.4 Å². The molecule has 0 aliphatic heterocycles. The Morgan fingerprint density at radius 3 is 1.47 bits per heavy atom. The van der Waals surface area contributed by atoms with Gasteiger partial charge in [-0.1, -0.05) is 36.4 Å². The molecule has 0 bridgehead atoms. The van der Waals surface area contributed by atoms with E-state index in [9.17, 15) is 0 Å². The van der Waals surface area contributed by atoms with Crippen molar-refractivity contribution in [3.05, 3.63) is 60.7 Å². The maximum atomic E-state index is 8.78. The summed E-state index contributed by atoms with van der Waals surface area (Å²) >= 11 is -2.36. The normalized spacial score (nSPS) is 10.9. The molecule has 17 heavy (non-hydrogen) atoms. The number of para-hydroxylation sites is 2. The first-order chi connectivity index (χ1) is 8.18. The third-order valence-corrected chi connectivity index (χ3v) is 1.72. The van der Waals surface area contributed by atoms with Crippen molar-refractivity contribution in [3.63, 3.8) is 0 Å². The molecule has 0 heterocycles. The van der Waals surface area contributed by atoms with Gasteiger partial charge in [-0.05, 0) is 24.3 Å². The van der Waals surface area contributed by atoms with E-state index in [4.69, 9.17) is 13.5 Å². The lowest BCUT2D eigenvalue weighted by Crippen LogP contribution is -1.97. The van der Waals surface area contributed by atoms with E-state index in [-0.39, 0.29) is 0 Å². The van der Waals surface area contributed by atoms with Crippen molar-refractivity contribution in [3.8, 4) is 11.5 Å². The average molecular weight is 250 g/mol. The minimum Gasteiger partial charge on any atom is -0.760 e. The van der Waals surface area contributed by atoms with E-state index in [2.05, 4.69) is 5.14 Å². The average Bonchev–Trinajstić information content (AvgIpc) is 2.31. The van der Waals surface area contributed by atoms with Gasteiger partial charge in [0.15, 0.2) is 0 Å². The highest BCUT2D eigenvalue weighted by molar-refractivity contribution is 7.76. The number of nitrogens with two attached hydrogens (primary N) is 1. The fraction of sp³-hybridized carbons (Fsp3) is 0. The van der Waals surface area contributed by atoms with Crippen LogP contribution in [0.5, 0.6) is 11.5 Å². The van der Waals surface area contributed by atoms with Gasteiger partial charge in [0.05, 0.1) is 0 Å². The van der Waals surface area contributed by atoms with E-state index in [0.717, 1.165) is 11.5 Å². The number of rotatable bonds is 2. The van der Waals surface area contributed by atoms with Crippen molar-refractivity contribution in [2.45, 2.75) is 0 Å². The highest BCUT2D eigenvalue weighted by atomic mass is 32.2. The van der Waals surface area contributed by atoms with Gasteiger partial charge >= 0.3 is 0 Å². The molecule has 0 amide bonds. The number of ether oxygens (including phenoxy) is 1. The predicted molar refractivity (Wildman–Crippen MR) is 66.1 cm³/mol. The van der Waals surface area contributed by atoms with Crippen molar-refractivity contribution in [2.24, 2.45) is 5.14 Å². The van der Waals surface area contributed by atoms with Crippen LogP contribution in [-0.2, 0) is 11.3 Å². The molecular weight excluding hydrogens is 238 g/mol. The lowest BCUT2D eigenvalue weighted by molar-refractivity contribution is 0.482. The van der Waals surface area contributed by atoms with Crippen LogP contribution in [0.4, 0.5) is 0 Å². The summed E-state index contributed by atoms with van der Waals surface area (Å²) in [6.45, 7) is 0. The van der Waals surface area contributed by atoms with E-state index < -0.39 is 11.3 Å². The Balaban J connectivity index is 0.000000317. The Bertz CT molecular complexity index is 406. The molecule has 0 radical (unpaired) electrons. The van der Waals surface area contributed by atoms with Crippen LogP contribution in [0.25, 0.3) is 0 Å². The zero-order chi connectivity index (χ0) is 12.5. The van der Waals surface area contributed by atoms with E-state index in [0.29, 0.717) is 0 Å². The molecule has 2 rings (SSSR count). The molecule has 0 saturated heterocycles. The lowest BCUT2D eigenvalue weighted by atomic mass is 10.3. The van der Waals surface area contributed by atoms with Crippen LogP contribution in [0.2, 0.25) is 0 Å². The minimum atomic E-state index is -2.36. The van der Waals surface area contributed by atoms with Gasteiger partial charge < -0.3 is 9.29 Å². The first-order valence-electron chi connectivity index (χ1n) is 4.80. The fourth-order valence-electron chi connectivity index (χ4n) is 1.11. The Kier molecular flexibility index (Phi) is 5.95. The summed E-state index contributed by atoms with van der Waals surface area (Å²) < 4.78 is 23.1. The molecule has 0 aliphatic rings. The van der Waals surface area contributed by atoms with Crippen molar-refractivity contribution in [1.82, 2.24) is 0 Å². The van der Waals surface area contributed by atoms with Gasteiger partial charge in [0.1, 0.15) is 11.5 Å². The number of hydrogen-bond acceptors (Lipinski definition) is 3. The van der Waals surface area contributed by atoms with E-state index in [1.807, 2.05) is 60.7 Å². The van der Waals surface area contributed by atoms with Crippen molar-refractivity contribution < 1.29 is 13.5 Å². The van der Waals surface area contributed by atoms with Gasteiger partial charge in [0, 0.05) is 11.3 Å². The summed E-state index contributed by atoms with van der Waals surface area (Å²) in [6.07, 6.45) is 0. The first-order valence-corrected chi connectivity index (χ1v) is 5.94. The molecule has 2 aromatic carbocycles. The first kappa shape index (κ1) is 13.4. The van der Waals surface area contributed by atoms with Crippen molar-refractivity contribution in [2.75, 3.05) is 0 Å². The monoisotopic (exact) mass is 250 g/mol. The smallest absolute Gasteiger partial charge is 0.127 e. The van der Waals surface area contributed by atoms with Gasteiger partial charge in [0.25, 0.3) is 0 Å². The molecule has 5 heteroatoms. The van der Waals surface area contributed by atoms with Gasteiger partial charge in [0.2, 0.25) is 0 Å². The summed E-state index contributed by atoms with van der Waals surface area (Å²) in [5.74, 6) is 1.74. The van der Waals surface area contributed by atoms with E-state index >= 15 is 0 Å². The molecular formula is C12H12NO3S-. The zero-order valence-electron chi connectivity index (χ0n) is 8.98. The lowest BCUT2D eigenvalue weighted by Gasteiger charge is -2.03. The summed E-state index contributed by atoms with van der Waals surface area (Å²) in [4.78, 5) is 0. The van der Waals surface area contributed by atoms with Gasteiger partial charge in [-0.25, -0.2) is 0 Å². The summed E-state index contributed by atoms with van der Waals surface area (Å²) in [6, 6.07) is 19.5. The predicted octanol–water partition coefficient (Wildman–Crippen LogP) is 2.22.